The van der Waals surface area contributed by atoms with Crippen molar-refractivity contribution < 1.29 is 29.6 Å². The average molecular weight is 362 g/mol. The van der Waals surface area contributed by atoms with Gasteiger partial charge in [0.1, 0.15) is 11.5 Å². The first-order valence-electron chi connectivity index (χ1n) is 9.79. The molecule has 8 fully saturated rings. The van der Waals surface area contributed by atoms with Gasteiger partial charge in [-0.1, -0.05) is 26.8 Å². The summed E-state index contributed by atoms with van der Waals surface area (Å²) >= 11 is 0. The average Bonchev–Trinajstić information content (AvgIpc) is 2.70. The summed E-state index contributed by atoms with van der Waals surface area (Å²) in [7, 11) is 0. The third kappa shape index (κ3) is 1.21. The van der Waals surface area contributed by atoms with Crippen LogP contribution in [0.4, 0.5) is 0 Å². The molecule has 4 aliphatic carbocycles. The van der Waals surface area contributed by atoms with Crippen molar-refractivity contribution in [2.24, 2.45) is 34.0 Å². The molecular weight excluding hydrogens is 336 g/mol. The molecular formula is C20H26O6. The fourth-order valence-electron chi connectivity index (χ4n) is 8.49. The Bertz CT molecular complexity index is 761. The van der Waals surface area contributed by atoms with Gasteiger partial charge in [-0.3, -0.25) is 4.79 Å². The Morgan fingerprint density at radius 3 is 2.65 bits per heavy atom. The van der Waals surface area contributed by atoms with E-state index in [-0.39, 0.29) is 23.0 Å². The Hall–Kier alpha value is -0.790. The van der Waals surface area contributed by atoms with E-state index in [9.17, 15) is 20.1 Å². The Kier molecular flexibility index (Phi) is 2.57. The van der Waals surface area contributed by atoms with Crippen LogP contribution in [-0.4, -0.2) is 51.5 Å². The van der Waals surface area contributed by atoms with E-state index in [1.54, 1.807) is 0 Å². The van der Waals surface area contributed by atoms with Crippen LogP contribution < -0.4 is 0 Å². The number of aliphatic hydroxyl groups excluding tert-OH is 2. The standard InChI is InChI=1S/C20H26O6/c1-8-9-7-10(21)11-18-6-4-5-17(2,3)12(18)14(23)20(24)19(11,13(8)22)15(9)25-16(18)26-20/h9-12,14-16,21,23-24H,1,4-7H2,2-3H3/t9-,10-,11-,12+,14-,15-,16-,18?,19-,20+/m0/s1. The van der Waals surface area contributed by atoms with Gasteiger partial charge in [0, 0.05) is 23.2 Å². The number of rotatable bonds is 0. The van der Waals surface area contributed by atoms with Gasteiger partial charge in [0.2, 0.25) is 5.79 Å². The Labute approximate surface area is 152 Å². The van der Waals surface area contributed by atoms with Crippen LogP contribution in [0.2, 0.25) is 0 Å². The van der Waals surface area contributed by atoms with Crippen molar-refractivity contribution in [3.63, 3.8) is 0 Å². The van der Waals surface area contributed by atoms with Crippen molar-refractivity contribution >= 4 is 5.78 Å². The molecule has 4 heterocycles. The molecule has 0 aromatic carbocycles. The quantitative estimate of drug-likeness (QED) is 0.550. The van der Waals surface area contributed by atoms with Crippen molar-refractivity contribution in [2.45, 2.75) is 69.9 Å². The van der Waals surface area contributed by atoms with Gasteiger partial charge in [0.05, 0.1) is 12.2 Å². The highest BCUT2D eigenvalue weighted by molar-refractivity contribution is 6.05. The number of ketones is 1. The van der Waals surface area contributed by atoms with Crippen LogP contribution in [0.25, 0.3) is 0 Å². The van der Waals surface area contributed by atoms with Crippen molar-refractivity contribution in [1.82, 2.24) is 0 Å². The minimum Gasteiger partial charge on any atom is -0.393 e. The molecule has 0 aromatic heterocycles. The van der Waals surface area contributed by atoms with E-state index in [1.807, 2.05) is 0 Å². The van der Waals surface area contributed by atoms with Crippen LogP contribution in [0.3, 0.4) is 0 Å². The van der Waals surface area contributed by atoms with E-state index in [2.05, 4.69) is 20.4 Å². The minimum absolute atomic E-state index is 0.249. The Morgan fingerprint density at radius 1 is 1.19 bits per heavy atom. The lowest BCUT2D eigenvalue weighted by molar-refractivity contribution is -0.554. The molecule has 3 N–H and O–H groups in total. The molecule has 2 spiro atoms. The molecule has 4 aliphatic heterocycles. The number of hydrogen-bond acceptors (Lipinski definition) is 6. The van der Waals surface area contributed by atoms with E-state index in [0.29, 0.717) is 12.0 Å². The summed E-state index contributed by atoms with van der Waals surface area (Å²) in [5, 5.41) is 34.3. The first-order chi connectivity index (χ1) is 12.1. The number of carbonyl (C=O) groups excluding carboxylic acids is 1. The third-order valence-corrected chi connectivity index (χ3v) is 9.04. The monoisotopic (exact) mass is 362 g/mol. The van der Waals surface area contributed by atoms with Crippen molar-refractivity contribution in [3.8, 4) is 0 Å². The van der Waals surface area contributed by atoms with Gasteiger partial charge >= 0.3 is 0 Å². The number of ether oxygens (including phenoxy) is 2. The number of Topliss-reactive ketones (excluding diaryl/α,β-unsaturated/α-hetero) is 1. The molecule has 8 aliphatic rings. The van der Waals surface area contributed by atoms with Crippen LogP contribution in [0.5, 0.6) is 0 Å². The lowest BCUT2D eigenvalue weighted by Crippen LogP contribution is -2.91. The van der Waals surface area contributed by atoms with E-state index in [1.165, 1.54) is 0 Å². The third-order valence-electron chi connectivity index (χ3n) is 9.04. The molecule has 0 radical (unpaired) electrons. The smallest absolute Gasteiger partial charge is 0.211 e. The van der Waals surface area contributed by atoms with Crippen LogP contribution in [0.15, 0.2) is 12.2 Å². The normalized spacial score (nSPS) is 64.0. The minimum atomic E-state index is -2.03. The maximum absolute atomic E-state index is 13.5. The SMILES string of the molecule is C=C1C(=O)[C@@]23[C@H]4O[C@H]5O[C@]2(O)[C@@H](O)[C@@H]2C(C)(C)CCCC52[C@@H]3[C@@H](O)C[C@@H]14. The summed E-state index contributed by atoms with van der Waals surface area (Å²) in [4.78, 5) is 13.5. The molecule has 6 heteroatoms. The molecule has 10 atom stereocenters. The van der Waals surface area contributed by atoms with E-state index in [0.717, 1.165) is 19.3 Å². The van der Waals surface area contributed by atoms with Gasteiger partial charge in [-0.2, -0.15) is 0 Å². The van der Waals surface area contributed by atoms with E-state index >= 15 is 0 Å². The van der Waals surface area contributed by atoms with Crippen LogP contribution >= 0.6 is 0 Å². The summed E-state index contributed by atoms with van der Waals surface area (Å²) < 4.78 is 12.3. The van der Waals surface area contributed by atoms with Crippen molar-refractivity contribution in [3.05, 3.63) is 12.2 Å². The molecule has 7 bridgehead atoms. The number of carbonyl (C=O) groups is 1. The van der Waals surface area contributed by atoms with Crippen LogP contribution in [-0.2, 0) is 14.3 Å². The molecule has 1 unspecified atom stereocenters. The maximum atomic E-state index is 13.5. The molecule has 0 aromatic rings. The second-order valence-electron chi connectivity index (χ2n) is 10.2. The Morgan fingerprint density at radius 2 is 1.92 bits per heavy atom. The lowest BCUT2D eigenvalue weighted by atomic mass is 9.34. The highest BCUT2D eigenvalue weighted by Gasteiger charge is 2.92. The van der Waals surface area contributed by atoms with Gasteiger partial charge in [-0.15, -0.1) is 0 Å². The zero-order chi connectivity index (χ0) is 18.4. The van der Waals surface area contributed by atoms with Gasteiger partial charge in [0.25, 0.3) is 0 Å². The molecule has 4 saturated heterocycles. The molecule has 142 valence electrons. The molecule has 6 nitrogen and oxygen atoms in total. The summed E-state index contributed by atoms with van der Waals surface area (Å²) in [6, 6.07) is 0. The predicted octanol–water partition coefficient (Wildman–Crippen LogP) is 0.740. The first-order valence-corrected chi connectivity index (χ1v) is 9.79. The second kappa shape index (κ2) is 4.13. The van der Waals surface area contributed by atoms with Crippen LogP contribution in [0.1, 0.15) is 39.5 Å². The molecule has 8 rings (SSSR count). The van der Waals surface area contributed by atoms with Gasteiger partial charge in [0.15, 0.2) is 12.1 Å². The molecule has 26 heavy (non-hydrogen) atoms. The topological polar surface area (TPSA) is 96.2 Å². The second-order valence-corrected chi connectivity index (χ2v) is 10.2. The van der Waals surface area contributed by atoms with E-state index < -0.39 is 47.1 Å². The lowest BCUT2D eigenvalue weighted by Gasteiger charge is -2.79. The number of hydrogen-bond donors (Lipinski definition) is 3. The highest BCUT2D eigenvalue weighted by Crippen LogP contribution is 2.81. The van der Waals surface area contributed by atoms with E-state index in [4.69, 9.17) is 9.47 Å². The summed E-state index contributed by atoms with van der Waals surface area (Å²) in [6.07, 6.45) is -0.195. The summed E-state index contributed by atoms with van der Waals surface area (Å²) in [5.74, 6) is -3.38. The predicted molar refractivity (Wildman–Crippen MR) is 88.4 cm³/mol. The van der Waals surface area contributed by atoms with Gasteiger partial charge in [-0.05, 0) is 30.3 Å². The zero-order valence-corrected chi connectivity index (χ0v) is 15.1. The zero-order valence-electron chi connectivity index (χ0n) is 15.1. The fraction of sp³-hybridized carbons (Fsp3) is 0.850. The highest BCUT2D eigenvalue weighted by atomic mass is 16.8. The van der Waals surface area contributed by atoms with Gasteiger partial charge < -0.3 is 24.8 Å². The maximum Gasteiger partial charge on any atom is 0.211 e. The van der Waals surface area contributed by atoms with Crippen molar-refractivity contribution in [2.75, 3.05) is 0 Å². The van der Waals surface area contributed by atoms with Crippen LogP contribution in [0, 0.1) is 34.0 Å². The van der Waals surface area contributed by atoms with Gasteiger partial charge in [-0.25, -0.2) is 0 Å². The largest absolute Gasteiger partial charge is 0.393 e. The molecule has 0 amide bonds. The van der Waals surface area contributed by atoms with Crippen molar-refractivity contribution in [1.29, 1.82) is 0 Å². The number of aliphatic hydroxyl groups is 3. The summed E-state index contributed by atoms with van der Waals surface area (Å²) in [5.41, 5.74) is -1.95. The Balaban J connectivity index is 1.70. The summed E-state index contributed by atoms with van der Waals surface area (Å²) in [6.45, 7) is 8.16. The molecule has 4 saturated carbocycles. The first kappa shape index (κ1) is 16.2. The fourth-order valence-corrected chi connectivity index (χ4v) is 8.49.